The molecule has 3 rings (SSSR count). The number of carbonyl (C=O) groups is 1. The Kier molecular flexibility index (Phi) is 6.49. The highest BCUT2D eigenvalue weighted by atomic mass is 35.5. The highest BCUT2D eigenvalue weighted by Crippen LogP contribution is 2.26. The topological polar surface area (TPSA) is 63.7 Å². The van der Waals surface area contributed by atoms with Crippen molar-refractivity contribution in [2.75, 3.05) is 18.1 Å². The summed E-state index contributed by atoms with van der Waals surface area (Å²) in [5.74, 6) is -0.282. The SMILES string of the molecule is Cc1cc(OCC(=O)N(Cc2cccc(F)c2)[C@H]2CCS(=O)(=O)C2)cc(C)c1Cl. The Morgan fingerprint density at radius 1 is 1.24 bits per heavy atom. The molecule has 5 nitrogen and oxygen atoms in total. The predicted molar refractivity (Wildman–Crippen MR) is 110 cm³/mol. The molecule has 1 heterocycles. The van der Waals surface area contributed by atoms with E-state index >= 15 is 0 Å². The highest BCUT2D eigenvalue weighted by molar-refractivity contribution is 7.91. The lowest BCUT2D eigenvalue weighted by Crippen LogP contribution is -2.43. The van der Waals surface area contributed by atoms with E-state index in [-0.39, 0.29) is 30.6 Å². The first-order valence-electron chi connectivity index (χ1n) is 9.28. The molecule has 0 radical (unpaired) electrons. The number of aryl methyl sites for hydroxylation is 2. The van der Waals surface area contributed by atoms with E-state index in [4.69, 9.17) is 16.3 Å². The van der Waals surface area contributed by atoms with Crippen LogP contribution >= 0.6 is 11.6 Å². The van der Waals surface area contributed by atoms with Gasteiger partial charge in [0, 0.05) is 17.6 Å². The molecule has 2 aromatic rings. The van der Waals surface area contributed by atoms with Crippen molar-refractivity contribution in [3.05, 3.63) is 63.9 Å². The number of ether oxygens (including phenoxy) is 1. The second-order valence-corrected chi connectivity index (χ2v) is 9.97. The molecule has 0 bridgehead atoms. The summed E-state index contributed by atoms with van der Waals surface area (Å²) >= 11 is 6.16. The maximum Gasteiger partial charge on any atom is 0.261 e. The number of carbonyl (C=O) groups excluding carboxylic acids is 1. The average molecular weight is 440 g/mol. The first-order valence-corrected chi connectivity index (χ1v) is 11.5. The van der Waals surface area contributed by atoms with Crippen LogP contribution in [0.25, 0.3) is 0 Å². The third kappa shape index (κ3) is 5.48. The van der Waals surface area contributed by atoms with Crippen LogP contribution in [0.15, 0.2) is 36.4 Å². The number of hydrogen-bond donors (Lipinski definition) is 0. The zero-order chi connectivity index (χ0) is 21.2. The number of sulfone groups is 1. The minimum atomic E-state index is -3.18. The normalized spacial score (nSPS) is 17.9. The Labute approximate surface area is 175 Å². The first-order chi connectivity index (χ1) is 13.6. The maximum atomic E-state index is 13.6. The number of hydrogen-bond acceptors (Lipinski definition) is 4. The molecule has 156 valence electrons. The fourth-order valence-electron chi connectivity index (χ4n) is 3.49. The fourth-order valence-corrected chi connectivity index (χ4v) is 5.33. The van der Waals surface area contributed by atoms with Gasteiger partial charge < -0.3 is 9.64 Å². The minimum absolute atomic E-state index is 0.0427. The minimum Gasteiger partial charge on any atom is -0.484 e. The van der Waals surface area contributed by atoms with Gasteiger partial charge in [-0.3, -0.25) is 4.79 Å². The van der Waals surface area contributed by atoms with Gasteiger partial charge in [0.1, 0.15) is 11.6 Å². The number of rotatable bonds is 6. The molecular formula is C21H23ClFNO4S. The van der Waals surface area contributed by atoms with Gasteiger partial charge in [-0.25, -0.2) is 12.8 Å². The Morgan fingerprint density at radius 2 is 1.93 bits per heavy atom. The van der Waals surface area contributed by atoms with Gasteiger partial charge in [-0.15, -0.1) is 0 Å². The number of amides is 1. The average Bonchev–Trinajstić information content (AvgIpc) is 3.01. The monoisotopic (exact) mass is 439 g/mol. The Bertz CT molecular complexity index is 1000. The van der Waals surface area contributed by atoms with Gasteiger partial charge in [-0.1, -0.05) is 23.7 Å². The summed E-state index contributed by atoms with van der Waals surface area (Å²) in [7, 11) is -3.18. The summed E-state index contributed by atoms with van der Waals surface area (Å²) < 4.78 is 43.1. The lowest BCUT2D eigenvalue weighted by atomic mass is 10.1. The van der Waals surface area contributed by atoms with E-state index in [1.807, 2.05) is 13.8 Å². The van der Waals surface area contributed by atoms with Crippen molar-refractivity contribution >= 4 is 27.3 Å². The van der Waals surface area contributed by atoms with Gasteiger partial charge in [0.25, 0.3) is 5.91 Å². The smallest absolute Gasteiger partial charge is 0.261 e. The van der Waals surface area contributed by atoms with Crippen LogP contribution in [0.4, 0.5) is 4.39 Å². The van der Waals surface area contributed by atoms with Crippen molar-refractivity contribution in [3.8, 4) is 5.75 Å². The molecule has 0 aromatic heterocycles. The highest BCUT2D eigenvalue weighted by Gasteiger charge is 2.34. The van der Waals surface area contributed by atoms with Gasteiger partial charge in [-0.05, 0) is 61.2 Å². The van der Waals surface area contributed by atoms with E-state index in [9.17, 15) is 17.6 Å². The third-order valence-electron chi connectivity index (χ3n) is 4.98. The largest absolute Gasteiger partial charge is 0.484 e. The summed E-state index contributed by atoms with van der Waals surface area (Å²) in [5, 5.41) is 0.646. The number of halogens is 2. The van der Waals surface area contributed by atoms with Crippen LogP contribution in [-0.4, -0.2) is 43.4 Å². The van der Waals surface area contributed by atoms with Crippen molar-refractivity contribution in [3.63, 3.8) is 0 Å². The van der Waals surface area contributed by atoms with Gasteiger partial charge in [0.2, 0.25) is 0 Å². The van der Waals surface area contributed by atoms with E-state index in [2.05, 4.69) is 0 Å². The van der Waals surface area contributed by atoms with Crippen LogP contribution < -0.4 is 4.74 Å². The Hall–Kier alpha value is -2.12. The van der Waals surface area contributed by atoms with Crippen LogP contribution in [0.5, 0.6) is 5.75 Å². The molecule has 1 fully saturated rings. The molecule has 1 saturated heterocycles. The van der Waals surface area contributed by atoms with Gasteiger partial charge >= 0.3 is 0 Å². The van der Waals surface area contributed by atoms with Gasteiger partial charge in [0.15, 0.2) is 16.4 Å². The van der Waals surface area contributed by atoms with Crippen LogP contribution in [0.2, 0.25) is 5.02 Å². The van der Waals surface area contributed by atoms with E-state index in [1.54, 1.807) is 24.3 Å². The zero-order valence-corrected chi connectivity index (χ0v) is 17.9. The molecule has 1 aliphatic rings. The molecule has 0 unspecified atom stereocenters. The summed E-state index contributed by atoms with van der Waals surface area (Å²) in [6.45, 7) is 3.58. The molecule has 1 atom stereocenters. The second kappa shape index (κ2) is 8.71. The summed E-state index contributed by atoms with van der Waals surface area (Å²) in [6, 6.07) is 8.99. The predicted octanol–water partition coefficient (Wildman–Crippen LogP) is 3.69. The van der Waals surface area contributed by atoms with E-state index in [0.29, 0.717) is 22.8 Å². The van der Waals surface area contributed by atoms with E-state index in [1.165, 1.54) is 17.0 Å². The quantitative estimate of drug-likeness (QED) is 0.688. The Balaban J connectivity index is 1.77. The molecule has 29 heavy (non-hydrogen) atoms. The zero-order valence-electron chi connectivity index (χ0n) is 16.3. The van der Waals surface area contributed by atoms with Crippen molar-refractivity contribution < 1.29 is 22.3 Å². The lowest BCUT2D eigenvalue weighted by molar-refractivity contribution is -0.136. The van der Waals surface area contributed by atoms with Crippen molar-refractivity contribution in [1.29, 1.82) is 0 Å². The molecule has 1 amide bonds. The molecule has 8 heteroatoms. The molecule has 0 spiro atoms. The first kappa shape index (κ1) is 21.6. The van der Waals surface area contributed by atoms with Gasteiger partial charge in [0.05, 0.1) is 11.5 Å². The maximum absolute atomic E-state index is 13.6. The van der Waals surface area contributed by atoms with Crippen LogP contribution in [0.3, 0.4) is 0 Å². The van der Waals surface area contributed by atoms with E-state index < -0.39 is 21.7 Å². The molecule has 0 saturated carbocycles. The van der Waals surface area contributed by atoms with Crippen LogP contribution in [-0.2, 0) is 21.2 Å². The molecule has 0 N–H and O–H groups in total. The van der Waals surface area contributed by atoms with E-state index in [0.717, 1.165) is 11.1 Å². The molecule has 0 aliphatic carbocycles. The standard InChI is InChI=1S/C21H23ClFNO4S/c1-14-8-19(9-15(2)21(14)22)28-12-20(25)24(18-6-7-29(26,27)13-18)11-16-4-3-5-17(23)10-16/h3-5,8-10,18H,6-7,11-13H2,1-2H3/t18-/m0/s1. The van der Waals surface area contributed by atoms with Gasteiger partial charge in [-0.2, -0.15) is 0 Å². The molecular weight excluding hydrogens is 417 g/mol. The number of nitrogens with zero attached hydrogens (tertiary/aromatic N) is 1. The van der Waals surface area contributed by atoms with Crippen LogP contribution in [0.1, 0.15) is 23.1 Å². The van der Waals surface area contributed by atoms with Crippen LogP contribution in [0, 0.1) is 19.7 Å². The summed E-state index contributed by atoms with van der Waals surface area (Å²) in [4.78, 5) is 14.4. The fraction of sp³-hybridized carbons (Fsp3) is 0.381. The Morgan fingerprint density at radius 3 is 2.52 bits per heavy atom. The lowest BCUT2D eigenvalue weighted by Gasteiger charge is -2.28. The van der Waals surface area contributed by atoms with Crippen molar-refractivity contribution in [2.45, 2.75) is 32.9 Å². The third-order valence-corrected chi connectivity index (χ3v) is 7.33. The number of benzene rings is 2. The molecule has 2 aromatic carbocycles. The summed E-state index contributed by atoms with van der Waals surface area (Å²) in [6.07, 6.45) is 0.364. The van der Waals surface area contributed by atoms with Crippen molar-refractivity contribution in [2.24, 2.45) is 0 Å². The summed E-state index contributed by atoms with van der Waals surface area (Å²) in [5.41, 5.74) is 2.28. The second-order valence-electron chi connectivity index (χ2n) is 7.37. The molecule has 1 aliphatic heterocycles. The van der Waals surface area contributed by atoms with Crippen molar-refractivity contribution in [1.82, 2.24) is 4.90 Å².